The lowest BCUT2D eigenvalue weighted by Crippen LogP contribution is -2.40. The molecule has 0 aromatic carbocycles. The van der Waals surface area contributed by atoms with Gasteiger partial charge in [0.05, 0.1) is 20.3 Å². The van der Waals surface area contributed by atoms with Crippen LogP contribution in [0.3, 0.4) is 0 Å². The molecule has 120 valence electrons. The van der Waals surface area contributed by atoms with Gasteiger partial charge in [-0.25, -0.2) is 0 Å². The van der Waals surface area contributed by atoms with E-state index in [9.17, 15) is 0 Å². The molecule has 2 saturated heterocycles. The lowest BCUT2D eigenvalue weighted by atomic mass is 9.94. The summed E-state index contributed by atoms with van der Waals surface area (Å²) >= 11 is 0. The van der Waals surface area contributed by atoms with Crippen LogP contribution in [0, 0.1) is 5.92 Å². The molecule has 0 N–H and O–H groups in total. The molecule has 2 heterocycles. The zero-order valence-electron chi connectivity index (χ0n) is 14.0. The van der Waals surface area contributed by atoms with Gasteiger partial charge in [0.25, 0.3) is 0 Å². The van der Waals surface area contributed by atoms with Gasteiger partial charge in [-0.15, -0.1) is 0 Å². The van der Waals surface area contributed by atoms with Crippen LogP contribution < -0.4 is 0 Å². The maximum Gasteiger partial charge on any atom is 0.114 e. The average Bonchev–Trinajstić information content (AvgIpc) is 2.68. The first-order valence-corrected chi connectivity index (χ1v) is 14.1. The van der Waals surface area contributed by atoms with Crippen molar-refractivity contribution in [3.8, 4) is 0 Å². The second-order valence-corrected chi connectivity index (χ2v) is 15.9. The van der Waals surface area contributed by atoms with Crippen LogP contribution >= 0.6 is 21.6 Å². The number of ether oxygens (including phenoxy) is 2. The largest absolute Gasteiger partial charge is 0.382 e. The molecular weight excluding hydrogens is 315 g/mol. The van der Waals surface area contributed by atoms with Crippen molar-refractivity contribution in [3.05, 3.63) is 0 Å². The van der Waals surface area contributed by atoms with E-state index in [0.717, 1.165) is 18.4 Å². The smallest absolute Gasteiger partial charge is 0.114 e. The Morgan fingerprint density at radius 2 is 2.05 bits per heavy atom. The Labute approximate surface area is 140 Å². The number of hydrogen-bond acceptors (Lipinski definition) is 4. The molecule has 2 aliphatic rings. The summed E-state index contributed by atoms with van der Waals surface area (Å²) in [6.45, 7) is 11.9. The van der Waals surface area contributed by atoms with E-state index in [4.69, 9.17) is 17.3 Å². The van der Waals surface area contributed by atoms with Crippen molar-refractivity contribution in [1.29, 1.82) is 0 Å². The van der Waals surface area contributed by atoms with Crippen LogP contribution in [0.4, 0.5) is 0 Å². The van der Waals surface area contributed by atoms with Crippen LogP contribution in [0.25, 0.3) is 0 Å². The van der Waals surface area contributed by atoms with Crippen molar-refractivity contribution in [2.75, 3.05) is 5.75 Å². The molecule has 2 nitrogen and oxygen atoms in total. The summed E-state index contributed by atoms with van der Waals surface area (Å²) in [5.41, 5.74) is 1.06. The van der Waals surface area contributed by atoms with Crippen molar-refractivity contribution in [2.24, 2.45) is 5.92 Å². The second-order valence-electron chi connectivity index (χ2n) is 7.80. The van der Waals surface area contributed by atoms with Crippen LogP contribution in [0.5, 0.6) is 0 Å². The molecule has 2 aliphatic heterocycles. The minimum atomic E-state index is -1.19. The lowest BCUT2D eigenvalue weighted by Gasteiger charge is -2.39. The number of rotatable bonds is 5. The van der Waals surface area contributed by atoms with Crippen LogP contribution in [0.1, 0.15) is 33.1 Å². The molecular formula is C15H29BO2S2Si. The van der Waals surface area contributed by atoms with Gasteiger partial charge in [0.15, 0.2) is 0 Å². The summed E-state index contributed by atoms with van der Waals surface area (Å²) in [6, 6.07) is -0.148. The number of hydrogen-bond donors (Lipinski definition) is 0. The van der Waals surface area contributed by atoms with Crippen molar-refractivity contribution in [1.82, 2.24) is 0 Å². The fraction of sp³-hybridized carbons (Fsp3) is 1.00. The molecule has 6 heteroatoms. The average molecular weight is 344 g/mol. The van der Waals surface area contributed by atoms with E-state index >= 15 is 0 Å². The Bertz CT molecular complexity index is 338. The zero-order valence-corrected chi connectivity index (χ0v) is 16.6. The predicted octanol–water partition coefficient (Wildman–Crippen LogP) is 4.52. The Morgan fingerprint density at radius 1 is 1.33 bits per heavy atom. The summed E-state index contributed by atoms with van der Waals surface area (Å²) in [7, 11) is 8.72. The topological polar surface area (TPSA) is 18.5 Å². The third-order valence-electron chi connectivity index (χ3n) is 4.36. The summed E-state index contributed by atoms with van der Waals surface area (Å²) in [5, 5.41) is 0. The minimum Gasteiger partial charge on any atom is -0.382 e. The van der Waals surface area contributed by atoms with Gasteiger partial charge in [0, 0.05) is 11.8 Å². The van der Waals surface area contributed by atoms with Gasteiger partial charge in [-0.05, 0) is 30.7 Å². The fourth-order valence-electron chi connectivity index (χ4n) is 3.19. The van der Waals surface area contributed by atoms with Gasteiger partial charge >= 0.3 is 0 Å². The fourth-order valence-corrected chi connectivity index (χ4v) is 9.58. The Hall–Kier alpha value is 0.902. The molecule has 2 rings (SSSR count). The predicted molar refractivity (Wildman–Crippen MR) is 98.9 cm³/mol. The molecule has 5 unspecified atom stereocenters. The summed E-state index contributed by atoms with van der Waals surface area (Å²) in [5.74, 6) is 1.88. The van der Waals surface area contributed by atoms with Crippen LogP contribution in [0.15, 0.2) is 0 Å². The molecule has 0 aromatic rings. The molecule has 2 radical (unpaired) electrons. The summed E-state index contributed by atoms with van der Waals surface area (Å²) in [4.78, 5) is 0. The van der Waals surface area contributed by atoms with E-state index < -0.39 is 8.07 Å². The van der Waals surface area contributed by atoms with E-state index in [1.807, 2.05) is 21.6 Å². The van der Waals surface area contributed by atoms with Crippen LogP contribution in [0.2, 0.25) is 25.2 Å². The molecule has 0 saturated carbocycles. The van der Waals surface area contributed by atoms with E-state index in [-0.39, 0.29) is 18.2 Å². The van der Waals surface area contributed by atoms with Gasteiger partial charge in [0.2, 0.25) is 0 Å². The highest BCUT2D eigenvalue weighted by molar-refractivity contribution is 8.77. The van der Waals surface area contributed by atoms with Crippen LogP contribution in [-0.2, 0) is 9.47 Å². The van der Waals surface area contributed by atoms with Crippen molar-refractivity contribution in [2.45, 2.75) is 81.9 Å². The molecule has 0 bridgehead atoms. The van der Waals surface area contributed by atoms with E-state index in [1.54, 1.807) is 0 Å². The highest BCUT2D eigenvalue weighted by Gasteiger charge is 2.42. The highest BCUT2D eigenvalue weighted by atomic mass is 33.1. The molecule has 0 aliphatic carbocycles. The maximum atomic E-state index is 6.55. The first-order chi connectivity index (χ1) is 9.77. The molecule has 21 heavy (non-hydrogen) atoms. The molecule has 5 atom stereocenters. The zero-order chi connectivity index (χ0) is 15.6. The second kappa shape index (κ2) is 7.65. The van der Waals surface area contributed by atoms with Gasteiger partial charge in [-0.3, -0.25) is 0 Å². The third-order valence-corrected chi connectivity index (χ3v) is 10.1. The molecule has 0 aromatic heterocycles. The Balaban J connectivity index is 2.00. The first-order valence-electron chi connectivity index (χ1n) is 8.12. The lowest BCUT2D eigenvalue weighted by molar-refractivity contribution is -0.0329. The van der Waals surface area contributed by atoms with Gasteiger partial charge in [-0.2, -0.15) is 0 Å². The molecule has 2 fully saturated rings. The minimum absolute atomic E-state index is 0.148. The van der Waals surface area contributed by atoms with Crippen LogP contribution in [-0.4, -0.2) is 45.3 Å². The third kappa shape index (κ3) is 5.20. The quantitative estimate of drug-likeness (QED) is 0.539. The normalized spacial score (nSPS) is 38.1. The van der Waals surface area contributed by atoms with Gasteiger partial charge in [-0.1, -0.05) is 55.1 Å². The van der Waals surface area contributed by atoms with Crippen molar-refractivity contribution >= 4 is 37.5 Å². The van der Waals surface area contributed by atoms with Crippen molar-refractivity contribution in [3.63, 3.8) is 0 Å². The molecule has 0 amide bonds. The van der Waals surface area contributed by atoms with E-state index in [2.05, 4.69) is 33.5 Å². The molecule has 0 spiro atoms. The summed E-state index contributed by atoms with van der Waals surface area (Å²) in [6.07, 6.45) is 3.54. The highest BCUT2D eigenvalue weighted by Crippen LogP contribution is 2.48. The van der Waals surface area contributed by atoms with Gasteiger partial charge in [0.1, 0.15) is 13.3 Å². The monoisotopic (exact) mass is 344 g/mol. The Morgan fingerprint density at radius 3 is 2.67 bits per heavy atom. The summed E-state index contributed by atoms with van der Waals surface area (Å²) < 4.78 is 12.4. The van der Waals surface area contributed by atoms with E-state index in [0.29, 0.717) is 11.4 Å². The standard InChI is InChI=1S/C15H29BO2S2Si/c1-10(2)8-11-12(9-14(16)17-11)18-15-13(21(3,4)5)6-7-19-20-15/h10-15H,6-9H2,1-5H3. The van der Waals surface area contributed by atoms with Gasteiger partial charge < -0.3 is 9.47 Å². The maximum absolute atomic E-state index is 6.55. The van der Waals surface area contributed by atoms with Crippen molar-refractivity contribution < 1.29 is 9.47 Å². The Kier molecular flexibility index (Phi) is 6.64. The SMILES string of the molecule is [B]C1CC(OC2SSCCC2[Si](C)(C)C)C(CC(C)C)O1. The first kappa shape index (κ1) is 18.2. The van der Waals surface area contributed by atoms with E-state index in [1.165, 1.54) is 12.2 Å².